The van der Waals surface area contributed by atoms with Crippen LogP contribution in [0.4, 0.5) is 18.9 Å². The topological polar surface area (TPSA) is 46.3 Å². The van der Waals surface area contributed by atoms with Crippen molar-refractivity contribution in [1.29, 1.82) is 0 Å². The van der Waals surface area contributed by atoms with Gasteiger partial charge in [0.05, 0.1) is 5.56 Å². The highest BCUT2D eigenvalue weighted by atomic mass is 19.4. The highest BCUT2D eigenvalue weighted by Gasteiger charge is 2.50. The van der Waals surface area contributed by atoms with Crippen LogP contribution in [-0.2, 0) is 11.0 Å². The Balaban J connectivity index is 1.70. The van der Waals surface area contributed by atoms with E-state index < -0.39 is 11.7 Å². The highest BCUT2D eigenvalue weighted by molar-refractivity contribution is 5.75. The first-order chi connectivity index (χ1) is 10.8. The Hall–Kier alpha value is -1.72. The van der Waals surface area contributed by atoms with Crippen LogP contribution < -0.4 is 10.6 Å². The lowest BCUT2D eigenvalue weighted by Crippen LogP contribution is -2.40. The lowest BCUT2D eigenvalue weighted by molar-refractivity contribution is -0.137. The van der Waals surface area contributed by atoms with Gasteiger partial charge in [-0.1, -0.05) is 0 Å². The second-order valence-electron chi connectivity index (χ2n) is 6.84. The Labute approximate surface area is 133 Å². The van der Waals surface area contributed by atoms with E-state index in [2.05, 4.69) is 4.90 Å². The number of halogens is 3. The number of rotatable bonds is 4. The monoisotopic (exact) mass is 326 g/mol. The number of alkyl halides is 3. The molecule has 1 aromatic carbocycles. The predicted octanol–water partition coefficient (Wildman–Crippen LogP) is 3.58. The van der Waals surface area contributed by atoms with E-state index in [0.29, 0.717) is 12.3 Å². The molecule has 0 bridgehead atoms. The number of nitrogens with zero attached hydrogens (tertiary/aromatic N) is 1. The average molecular weight is 326 g/mol. The van der Waals surface area contributed by atoms with Gasteiger partial charge in [0.15, 0.2) is 0 Å². The minimum atomic E-state index is -4.30. The fraction of sp³-hybridized carbons (Fsp3) is 0.588. The lowest BCUT2D eigenvalue weighted by Gasteiger charge is -2.38. The Morgan fingerprint density at radius 1 is 1.26 bits per heavy atom. The Kier molecular flexibility index (Phi) is 4.02. The van der Waals surface area contributed by atoms with Gasteiger partial charge in [-0.05, 0) is 61.3 Å². The van der Waals surface area contributed by atoms with Crippen LogP contribution in [-0.4, -0.2) is 19.0 Å². The Morgan fingerprint density at radius 2 is 1.91 bits per heavy atom. The maximum atomic E-state index is 12.7. The van der Waals surface area contributed by atoms with Gasteiger partial charge in [0.25, 0.3) is 0 Å². The van der Waals surface area contributed by atoms with Gasteiger partial charge in [-0.15, -0.1) is 0 Å². The molecule has 0 spiro atoms. The van der Waals surface area contributed by atoms with Crippen molar-refractivity contribution < 1.29 is 18.0 Å². The molecule has 6 heteroatoms. The van der Waals surface area contributed by atoms with E-state index in [-0.39, 0.29) is 11.3 Å². The smallest absolute Gasteiger partial charge is 0.371 e. The molecule has 2 fully saturated rings. The van der Waals surface area contributed by atoms with Crippen LogP contribution >= 0.6 is 0 Å². The third-order valence-electron chi connectivity index (χ3n) is 5.27. The molecule has 23 heavy (non-hydrogen) atoms. The van der Waals surface area contributed by atoms with Crippen molar-refractivity contribution in [3.8, 4) is 0 Å². The first-order valence-corrected chi connectivity index (χ1v) is 8.01. The standard InChI is InChI=1S/C17H21F3N2O/c18-17(19,20)12-3-5-14(6-4-12)22-9-1-2-13(11-22)16(7-8-16)10-15(21)23/h3-6,13H,1-2,7-11H2,(H2,21,23)/t13-/m0/s1. The normalized spacial score (nSPS) is 23.6. The second kappa shape index (κ2) is 5.73. The minimum Gasteiger partial charge on any atom is -0.371 e. The zero-order chi connectivity index (χ0) is 16.7. The van der Waals surface area contributed by atoms with Crippen molar-refractivity contribution in [2.75, 3.05) is 18.0 Å². The summed E-state index contributed by atoms with van der Waals surface area (Å²) in [6.07, 6.45) is 0.237. The molecule has 1 heterocycles. The summed E-state index contributed by atoms with van der Waals surface area (Å²) < 4.78 is 38.0. The molecule has 0 aromatic heterocycles. The summed E-state index contributed by atoms with van der Waals surface area (Å²) in [5.74, 6) is 0.139. The van der Waals surface area contributed by atoms with E-state index in [9.17, 15) is 18.0 Å². The lowest BCUT2D eigenvalue weighted by atomic mass is 9.80. The summed E-state index contributed by atoms with van der Waals surface area (Å²) >= 11 is 0. The molecular weight excluding hydrogens is 305 g/mol. The number of hydrogen-bond donors (Lipinski definition) is 1. The van der Waals surface area contributed by atoms with Crippen molar-refractivity contribution in [2.45, 2.75) is 38.3 Å². The summed E-state index contributed by atoms with van der Waals surface area (Å²) in [6.45, 7) is 1.63. The number of hydrogen-bond acceptors (Lipinski definition) is 2. The van der Waals surface area contributed by atoms with Crippen LogP contribution in [0, 0.1) is 11.3 Å². The summed E-state index contributed by atoms with van der Waals surface area (Å²) in [4.78, 5) is 13.4. The van der Waals surface area contributed by atoms with Crippen LogP contribution in [0.2, 0.25) is 0 Å². The number of primary amides is 1. The molecule has 1 atom stereocenters. The van der Waals surface area contributed by atoms with Crippen molar-refractivity contribution in [3.05, 3.63) is 29.8 Å². The highest BCUT2D eigenvalue weighted by Crippen LogP contribution is 2.57. The number of nitrogens with two attached hydrogens (primary N) is 1. The van der Waals surface area contributed by atoms with Gasteiger partial charge < -0.3 is 10.6 Å². The van der Waals surface area contributed by atoms with Gasteiger partial charge >= 0.3 is 6.18 Å². The van der Waals surface area contributed by atoms with Crippen molar-refractivity contribution in [3.63, 3.8) is 0 Å². The van der Waals surface area contributed by atoms with Gasteiger partial charge in [0, 0.05) is 25.2 Å². The molecule has 1 amide bonds. The second-order valence-corrected chi connectivity index (χ2v) is 6.84. The molecule has 0 unspecified atom stereocenters. The number of carbonyl (C=O) groups excluding carboxylic acids is 1. The molecule has 2 aliphatic rings. The molecule has 126 valence electrons. The average Bonchev–Trinajstić information content (AvgIpc) is 3.27. The fourth-order valence-electron chi connectivity index (χ4n) is 3.81. The molecule has 2 N–H and O–H groups in total. The molecule has 1 aliphatic carbocycles. The van der Waals surface area contributed by atoms with E-state index in [1.807, 2.05) is 0 Å². The van der Waals surface area contributed by atoms with Crippen LogP contribution in [0.25, 0.3) is 0 Å². The third-order valence-corrected chi connectivity index (χ3v) is 5.27. The number of anilines is 1. The number of carbonyl (C=O) groups is 1. The van der Waals surface area contributed by atoms with Crippen LogP contribution in [0.5, 0.6) is 0 Å². The largest absolute Gasteiger partial charge is 0.416 e. The maximum Gasteiger partial charge on any atom is 0.416 e. The Morgan fingerprint density at radius 3 is 2.43 bits per heavy atom. The van der Waals surface area contributed by atoms with E-state index in [0.717, 1.165) is 56.6 Å². The summed E-state index contributed by atoms with van der Waals surface area (Å²) in [5, 5.41) is 0. The summed E-state index contributed by atoms with van der Waals surface area (Å²) in [6, 6.07) is 5.35. The number of amides is 1. The minimum absolute atomic E-state index is 0.0381. The SMILES string of the molecule is NC(=O)CC1([C@H]2CCCN(c3ccc(C(F)(F)F)cc3)C2)CC1. The predicted molar refractivity (Wildman–Crippen MR) is 81.9 cm³/mol. The van der Waals surface area contributed by atoms with Crippen LogP contribution in [0.15, 0.2) is 24.3 Å². The van der Waals surface area contributed by atoms with E-state index in [4.69, 9.17) is 5.73 Å². The zero-order valence-corrected chi connectivity index (χ0v) is 12.9. The number of piperidine rings is 1. The van der Waals surface area contributed by atoms with Crippen molar-refractivity contribution in [2.24, 2.45) is 17.1 Å². The quantitative estimate of drug-likeness (QED) is 0.919. The zero-order valence-electron chi connectivity index (χ0n) is 12.9. The Bertz CT molecular complexity index is 578. The van der Waals surface area contributed by atoms with Gasteiger partial charge in [0.2, 0.25) is 5.91 Å². The molecule has 0 radical (unpaired) electrons. The van der Waals surface area contributed by atoms with E-state index in [1.54, 1.807) is 12.1 Å². The summed E-state index contributed by atoms with van der Waals surface area (Å²) in [5.41, 5.74) is 5.60. The van der Waals surface area contributed by atoms with Gasteiger partial charge in [-0.25, -0.2) is 0 Å². The molecule has 3 nitrogen and oxygen atoms in total. The van der Waals surface area contributed by atoms with Crippen LogP contribution in [0.1, 0.15) is 37.7 Å². The molecule has 1 saturated heterocycles. The van der Waals surface area contributed by atoms with E-state index in [1.165, 1.54) is 0 Å². The van der Waals surface area contributed by atoms with E-state index >= 15 is 0 Å². The molecule has 1 aromatic rings. The van der Waals surface area contributed by atoms with Crippen molar-refractivity contribution >= 4 is 11.6 Å². The number of benzene rings is 1. The summed E-state index contributed by atoms with van der Waals surface area (Å²) in [7, 11) is 0. The van der Waals surface area contributed by atoms with Crippen LogP contribution in [0.3, 0.4) is 0 Å². The van der Waals surface area contributed by atoms with Gasteiger partial charge in [-0.2, -0.15) is 13.2 Å². The molecule has 1 saturated carbocycles. The van der Waals surface area contributed by atoms with Gasteiger partial charge in [-0.3, -0.25) is 4.79 Å². The molecular formula is C17H21F3N2O. The molecule has 1 aliphatic heterocycles. The third kappa shape index (κ3) is 3.46. The maximum absolute atomic E-state index is 12.7. The fourth-order valence-corrected chi connectivity index (χ4v) is 3.81. The molecule has 3 rings (SSSR count). The first kappa shape index (κ1) is 16.1. The van der Waals surface area contributed by atoms with Crippen molar-refractivity contribution in [1.82, 2.24) is 0 Å². The first-order valence-electron chi connectivity index (χ1n) is 8.01. The van der Waals surface area contributed by atoms with Gasteiger partial charge in [0.1, 0.15) is 0 Å².